The molecule has 0 unspecified atom stereocenters. The average Bonchev–Trinajstić information content (AvgIpc) is 2.76. The lowest BCUT2D eigenvalue weighted by Gasteiger charge is -2.27. The maximum Gasteiger partial charge on any atom is 0.326 e. The number of benzene rings is 1. The van der Waals surface area contributed by atoms with Crippen LogP contribution < -0.4 is 5.32 Å². The minimum absolute atomic E-state index is 0.367. The molecule has 2 N–H and O–H groups in total. The molecule has 1 amide bonds. The highest BCUT2D eigenvalue weighted by Crippen LogP contribution is 2.27. The predicted molar refractivity (Wildman–Crippen MR) is 80.1 cm³/mol. The Morgan fingerprint density at radius 2 is 1.95 bits per heavy atom. The summed E-state index contributed by atoms with van der Waals surface area (Å²) in [6, 6.07) is 4.85. The zero-order valence-electron chi connectivity index (χ0n) is 11.9. The van der Waals surface area contributed by atoms with E-state index in [0.29, 0.717) is 10.3 Å². The number of hydrogen-bond donors (Lipinski definition) is 2. The minimum atomic E-state index is -1.08. The van der Waals surface area contributed by atoms with Gasteiger partial charge in [0.2, 0.25) is 0 Å². The molecule has 0 saturated carbocycles. The van der Waals surface area contributed by atoms with Gasteiger partial charge >= 0.3 is 5.97 Å². The molecule has 0 bridgehead atoms. The summed E-state index contributed by atoms with van der Waals surface area (Å²) in [7, 11) is 0. The summed E-state index contributed by atoms with van der Waals surface area (Å²) < 4.78 is 13.9. The number of fused-ring (bicyclic) bond motifs is 1. The molecule has 0 fully saturated rings. The van der Waals surface area contributed by atoms with Gasteiger partial charge in [0.25, 0.3) is 5.91 Å². The Labute approximate surface area is 125 Å². The van der Waals surface area contributed by atoms with Crippen LogP contribution in [0.3, 0.4) is 0 Å². The van der Waals surface area contributed by atoms with Crippen LogP contribution in [-0.2, 0) is 4.79 Å². The highest BCUT2D eigenvalue weighted by molar-refractivity contribution is 7.20. The smallest absolute Gasteiger partial charge is 0.326 e. The van der Waals surface area contributed by atoms with Gasteiger partial charge in [-0.2, -0.15) is 0 Å². The van der Waals surface area contributed by atoms with Crippen molar-refractivity contribution >= 4 is 33.3 Å². The fourth-order valence-corrected chi connectivity index (χ4v) is 2.92. The first-order chi connectivity index (χ1) is 9.68. The number of carbonyl (C=O) groups is 2. The Morgan fingerprint density at radius 3 is 2.52 bits per heavy atom. The monoisotopic (exact) mass is 309 g/mol. The SMILES string of the molecule is CC(C)(C)[C@@H](NC(=O)c1cc2cc(F)ccc2s1)C(=O)O. The van der Waals surface area contributed by atoms with E-state index in [1.807, 2.05) is 0 Å². The van der Waals surface area contributed by atoms with Crippen LogP contribution in [0.15, 0.2) is 24.3 Å². The number of carboxylic acids is 1. The lowest BCUT2D eigenvalue weighted by atomic mass is 9.87. The van der Waals surface area contributed by atoms with E-state index in [2.05, 4.69) is 5.32 Å². The number of halogens is 1. The van der Waals surface area contributed by atoms with Crippen LogP contribution in [0.2, 0.25) is 0 Å². The van der Waals surface area contributed by atoms with Crippen LogP contribution in [-0.4, -0.2) is 23.0 Å². The fraction of sp³-hybridized carbons (Fsp3) is 0.333. The van der Waals surface area contributed by atoms with Gasteiger partial charge < -0.3 is 10.4 Å². The second kappa shape index (κ2) is 5.44. The second-order valence-electron chi connectivity index (χ2n) is 5.90. The molecule has 2 rings (SSSR count). The third-order valence-corrected chi connectivity index (χ3v) is 4.21. The quantitative estimate of drug-likeness (QED) is 0.914. The van der Waals surface area contributed by atoms with Crippen molar-refractivity contribution in [2.45, 2.75) is 26.8 Å². The zero-order chi connectivity index (χ0) is 15.8. The molecule has 1 atom stereocenters. The summed E-state index contributed by atoms with van der Waals surface area (Å²) in [5, 5.41) is 12.4. The number of thiophene rings is 1. The summed E-state index contributed by atoms with van der Waals surface area (Å²) in [6.07, 6.45) is 0. The molecular weight excluding hydrogens is 293 g/mol. The largest absolute Gasteiger partial charge is 0.480 e. The number of carbonyl (C=O) groups excluding carboxylic acids is 1. The van der Waals surface area contributed by atoms with Crippen LogP contribution in [0.25, 0.3) is 10.1 Å². The first kappa shape index (κ1) is 15.4. The van der Waals surface area contributed by atoms with Gasteiger partial charge in [0, 0.05) is 4.70 Å². The predicted octanol–water partition coefficient (Wildman–Crippen LogP) is 3.27. The number of hydrogen-bond acceptors (Lipinski definition) is 3. The second-order valence-corrected chi connectivity index (χ2v) is 6.99. The number of carboxylic acid groups (broad SMARTS) is 1. The van der Waals surface area contributed by atoms with E-state index in [9.17, 15) is 19.1 Å². The Hall–Kier alpha value is -1.95. The van der Waals surface area contributed by atoms with Gasteiger partial charge in [0.15, 0.2) is 0 Å². The van der Waals surface area contributed by atoms with Gasteiger partial charge in [-0.3, -0.25) is 4.79 Å². The first-order valence-electron chi connectivity index (χ1n) is 6.41. The molecular formula is C15H16FNO3S. The lowest BCUT2D eigenvalue weighted by molar-refractivity contribution is -0.142. The van der Waals surface area contributed by atoms with Crippen molar-refractivity contribution in [3.8, 4) is 0 Å². The Morgan fingerprint density at radius 1 is 1.29 bits per heavy atom. The van der Waals surface area contributed by atoms with Crippen LogP contribution in [0.5, 0.6) is 0 Å². The van der Waals surface area contributed by atoms with Crippen molar-refractivity contribution in [3.63, 3.8) is 0 Å². The first-order valence-corrected chi connectivity index (χ1v) is 7.23. The van der Waals surface area contributed by atoms with Crippen molar-refractivity contribution < 1.29 is 19.1 Å². The Kier molecular flexibility index (Phi) is 4.00. The molecule has 0 aliphatic heterocycles. The summed E-state index contributed by atoms with van der Waals surface area (Å²) in [5.41, 5.74) is -0.607. The Bertz CT molecular complexity index is 702. The van der Waals surface area contributed by atoms with E-state index in [1.165, 1.54) is 23.5 Å². The van der Waals surface area contributed by atoms with E-state index < -0.39 is 23.3 Å². The summed E-state index contributed by atoms with van der Waals surface area (Å²) in [6.45, 7) is 5.23. The third-order valence-electron chi connectivity index (χ3n) is 3.09. The number of nitrogens with one attached hydrogen (secondary N) is 1. The van der Waals surface area contributed by atoms with Crippen LogP contribution >= 0.6 is 11.3 Å². The van der Waals surface area contributed by atoms with Crippen molar-refractivity contribution in [1.82, 2.24) is 5.32 Å². The highest BCUT2D eigenvalue weighted by atomic mass is 32.1. The molecule has 1 aromatic carbocycles. The van der Waals surface area contributed by atoms with E-state index >= 15 is 0 Å². The van der Waals surface area contributed by atoms with E-state index in [-0.39, 0.29) is 5.82 Å². The van der Waals surface area contributed by atoms with Gasteiger partial charge in [0.05, 0.1) is 4.88 Å². The molecule has 0 saturated heterocycles. The van der Waals surface area contributed by atoms with Gasteiger partial charge in [-0.05, 0) is 35.1 Å². The summed E-state index contributed by atoms with van der Waals surface area (Å²) in [4.78, 5) is 23.8. The van der Waals surface area contributed by atoms with Crippen LogP contribution in [0.1, 0.15) is 30.4 Å². The van der Waals surface area contributed by atoms with Crippen molar-refractivity contribution in [3.05, 3.63) is 35.0 Å². The third kappa shape index (κ3) is 3.39. The normalized spacial score (nSPS) is 13.1. The maximum atomic E-state index is 13.1. The van der Waals surface area contributed by atoms with Crippen LogP contribution in [0.4, 0.5) is 4.39 Å². The molecule has 0 spiro atoms. The topological polar surface area (TPSA) is 66.4 Å². The summed E-state index contributed by atoms with van der Waals surface area (Å²) in [5.74, 6) is -1.91. The molecule has 1 heterocycles. The molecule has 2 aromatic rings. The fourth-order valence-electron chi connectivity index (χ4n) is 1.98. The van der Waals surface area contributed by atoms with Crippen molar-refractivity contribution in [1.29, 1.82) is 0 Å². The maximum absolute atomic E-state index is 13.1. The van der Waals surface area contributed by atoms with E-state index in [1.54, 1.807) is 32.9 Å². The Balaban J connectivity index is 2.27. The van der Waals surface area contributed by atoms with Gasteiger partial charge in [-0.25, -0.2) is 9.18 Å². The lowest BCUT2D eigenvalue weighted by Crippen LogP contribution is -2.48. The molecule has 4 nitrogen and oxygen atoms in total. The molecule has 112 valence electrons. The number of aliphatic carboxylic acids is 1. The van der Waals surface area contributed by atoms with Gasteiger partial charge in [-0.1, -0.05) is 20.8 Å². The van der Waals surface area contributed by atoms with Gasteiger partial charge in [0.1, 0.15) is 11.9 Å². The van der Waals surface area contributed by atoms with Gasteiger partial charge in [-0.15, -0.1) is 11.3 Å². The summed E-state index contributed by atoms with van der Waals surface area (Å²) >= 11 is 1.21. The minimum Gasteiger partial charge on any atom is -0.480 e. The molecule has 0 radical (unpaired) electrons. The standard InChI is InChI=1S/C15H16FNO3S/c1-15(2,3)12(14(19)20)17-13(18)11-7-8-6-9(16)4-5-10(8)21-11/h4-7,12H,1-3H3,(H,17,18)(H,19,20)/t12-/m0/s1. The van der Waals surface area contributed by atoms with Crippen molar-refractivity contribution in [2.75, 3.05) is 0 Å². The van der Waals surface area contributed by atoms with Crippen molar-refractivity contribution in [2.24, 2.45) is 5.41 Å². The van der Waals surface area contributed by atoms with Crippen LogP contribution in [0, 0.1) is 11.2 Å². The van der Waals surface area contributed by atoms with E-state index in [0.717, 1.165) is 4.70 Å². The molecule has 21 heavy (non-hydrogen) atoms. The number of amides is 1. The molecule has 6 heteroatoms. The molecule has 0 aliphatic carbocycles. The zero-order valence-corrected chi connectivity index (χ0v) is 12.8. The average molecular weight is 309 g/mol. The number of rotatable bonds is 3. The van der Waals surface area contributed by atoms with E-state index in [4.69, 9.17) is 0 Å². The molecule has 0 aliphatic rings. The highest BCUT2D eigenvalue weighted by Gasteiger charge is 2.33. The molecule has 1 aromatic heterocycles.